The first-order valence-corrected chi connectivity index (χ1v) is 11.5. The fraction of sp³-hybridized carbons (Fsp3) is 0.435. The number of benzene rings is 1. The molecule has 0 radical (unpaired) electrons. The van der Waals surface area contributed by atoms with Crippen molar-refractivity contribution >= 4 is 27.5 Å². The lowest BCUT2D eigenvalue weighted by Gasteiger charge is -2.29. The molecule has 162 valence electrons. The number of rotatable bonds is 3. The molecule has 0 bridgehead atoms. The van der Waals surface area contributed by atoms with Gasteiger partial charge in [0, 0.05) is 20.0 Å². The van der Waals surface area contributed by atoms with Crippen molar-refractivity contribution in [1.82, 2.24) is 14.5 Å². The van der Waals surface area contributed by atoms with Crippen LogP contribution in [0.25, 0.3) is 10.2 Å². The van der Waals surface area contributed by atoms with Crippen LogP contribution in [0.1, 0.15) is 40.3 Å². The van der Waals surface area contributed by atoms with Crippen LogP contribution in [-0.2, 0) is 13.0 Å². The Bertz CT molecular complexity index is 1220. The smallest absolute Gasteiger partial charge is 0.264 e. The molecule has 0 unspecified atom stereocenters. The highest BCUT2D eigenvalue weighted by atomic mass is 32.1. The predicted octanol–water partition coefficient (Wildman–Crippen LogP) is 3.40. The maximum atomic E-state index is 13.2. The third-order valence-electron chi connectivity index (χ3n) is 6.00. The maximum absolute atomic E-state index is 13.2. The number of aryl methyl sites for hydroxylation is 2. The molecule has 4 heterocycles. The first-order valence-electron chi connectivity index (χ1n) is 10.7. The van der Waals surface area contributed by atoms with Crippen molar-refractivity contribution in [2.45, 2.75) is 45.3 Å². The van der Waals surface area contributed by atoms with Crippen LogP contribution in [0.4, 0.5) is 0 Å². The van der Waals surface area contributed by atoms with Crippen LogP contribution >= 0.6 is 11.3 Å². The fourth-order valence-corrected chi connectivity index (χ4v) is 5.51. The van der Waals surface area contributed by atoms with Crippen LogP contribution in [-0.4, -0.2) is 46.7 Å². The second kappa shape index (κ2) is 8.00. The molecule has 7 nitrogen and oxygen atoms in total. The van der Waals surface area contributed by atoms with Crippen molar-refractivity contribution in [3.05, 3.63) is 50.9 Å². The molecule has 31 heavy (non-hydrogen) atoms. The highest BCUT2D eigenvalue weighted by molar-refractivity contribution is 7.20. The molecule has 5 rings (SSSR count). The minimum absolute atomic E-state index is 0.0158. The summed E-state index contributed by atoms with van der Waals surface area (Å²) in [5.41, 5.74) is 0.707. The molecule has 8 heteroatoms. The second-order valence-corrected chi connectivity index (χ2v) is 9.21. The number of amides is 1. The maximum Gasteiger partial charge on any atom is 0.264 e. The zero-order valence-corrected chi connectivity index (χ0v) is 18.5. The zero-order valence-electron chi connectivity index (χ0n) is 17.7. The van der Waals surface area contributed by atoms with Gasteiger partial charge in [0.1, 0.15) is 17.3 Å². The van der Waals surface area contributed by atoms with Crippen molar-refractivity contribution in [3.63, 3.8) is 0 Å². The lowest BCUT2D eigenvalue weighted by molar-refractivity contribution is 0.0523. The van der Waals surface area contributed by atoms with Gasteiger partial charge in [0.25, 0.3) is 11.5 Å². The number of carbonyl (C=O) groups is 1. The molecule has 3 aromatic rings. The van der Waals surface area contributed by atoms with Crippen LogP contribution in [0, 0.1) is 6.92 Å². The van der Waals surface area contributed by atoms with Crippen molar-refractivity contribution in [3.8, 4) is 11.5 Å². The number of ether oxygens (including phenoxy) is 2. The van der Waals surface area contributed by atoms with Crippen molar-refractivity contribution in [2.75, 3.05) is 20.2 Å². The van der Waals surface area contributed by atoms with Crippen LogP contribution in [0.5, 0.6) is 11.5 Å². The second-order valence-electron chi connectivity index (χ2n) is 8.22. The van der Waals surface area contributed by atoms with Gasteiger partial charge >= 0.3 is 0 Å². The number of carbonyl (C=O) groups excluding carboxylic acids is 1. The van der Waals surface area contributed by atoms with E-state index in [1.165, 1.54) is 11.3 Å². The van der Waals surface area contributed by atoms with Gasteiger partial charge in [0.2, 0.25) is 0 Å². The van der Waals surface area contributed by atoms with Crippen molar-refractivity contribution < 1.29 is 14.3 Å². The summed E-state index contributed by atoms with van der Waals surface area (Å²) in [4.78, 5) is 34.0. The molecular formula is C23H25N3O4S. The summed E-state index contributed by atoms with van der Waals surface area (Å²) in [5, 5.41) is 0.582. The molecule has 0 spiro atoms. The standard InChI is InChI=1S/C23H25N3O4S/c1-14-19-21(24-18-10-4-3-7-11-26(18)22(19)27)31-20(14)23(28)25(2)12-15-13-29-16-8-5-6-9-17(16)30-15/h5-6,8-9,15H,3-4,7,10-13H2,1-2H3/t15-/m0/s1. The molecule has 1 amide bonds. The molecule has 2 aromatic heterocycles. The molecule has 0 fully saturated rings. The number of fused-ring (bicyclic) bond motifs is 3. The third-order valence-corrected chi connectivity index (χ3v) is 7.17. The Morgan fingerprint density at radius 1 is 1.26 bits per heavy atom. The Morgan fingerprint density at radius 3 is 2.90 bits per heavy atom. The molecule has 1 atom stereocenters. The average molecular weight is 440 g/mol. The first-order chi connectivity index (χ1) is 15.0. The van der Waals surface area contributed by atoms with E-state index in [0.717, 1.165) is 42.8 Å². The Balaban J connectivity index is 1.40. The van der Waals surface area contributed by atoms with Gasteiger partial charge in [0.05, 0.1) is 16.8 Å². The van der Waals surface area contributed by atoms with Gasteiger partial charge in [-0.25, -0.2) is 4.98 Å². The topological polar surface area (TPSA) is 73.7 Å². The van der Waals surface area contributed by atoms with E-state index < -0.39 is 0 Å². The normalized spacial score (nSPS) is 17.8. The monoisotopic (exact) mass is 439 g/mol. The number of likely N-dealkylation sites (N-methyl/N-ethyl adjacent to an activating group) is 1. The number of hydrogen-bond donors (Lipinski definition) is 0. The number of thiophene rings is 1. The number of aromatic nitrogens is 2. The largest absolute Gasteiger partial charge is 0.486 e. The van der Waals surface area contributed by atoms with E-state index >= 15 is 0 Å². The van der Waals surface area contributed by atoms with Gasteiger partial charge in [-0.3, -0.25) is 14.2 Å². The molecule has 2 aliphatic heterocycles. The third kappa shape index (κ3) is 3.59. The Morgan fingerprint density at radius 2 is 2.06 bits per heavy atom. The van der Waals surface area contributed by atoms with Gasteiger partial charge in [-0.15, -0.1) is 11.3 Å². The summed E-state index contributed by atoms with van der Waals surface area (Å²) in [6.45, 7) is 3.33. The lowest BCUT2D eigenvalue weighted by Crippen LogP contribution is -2.41. The van der Waals surface area contributed by atoms with E-state index in [1.807, 2.05) is 31.2 Å². The van der Waals surface area contributed by atoms with Gasteiger partial charge in [-0.1, -0.05) is 18.6 Å². The summed E-state index contributed by atoms with van der Waals surface area (Å²) in [7, 11) is 1.76. The minimum atomic E-state index is -0.252. The number of para-hydroxylation sites is 2. The highest BCUT2D eigenvalue weighted by Crippen LogP contribution is 2.32. The quantitative estimate of drug-likeness (QED) is 0.625. The molecule has 2 aliphatic rings. The predicted molar refractivity (Wildman–Crippen MR) is 119 cm³/mol. The summed E-state index contributed by atoms with van der Waals surface area (Å²) in [6.07, 6.45) is 3.71. The van der Waals surface area contributed by atoms with E-state index in [4.69, 9.17) is 14.5 Å². The van der Waals surface area contributed by atoms with Crippen LogP contribution < -0.4 is 15.0 Å². The van der Waals surface area contributed by atoms with Crippen LogP contribution in [0.15, 0.2) is 29.1 Å². The molecule has 0 aliphatic carbocycles. The van der Waals surface area contributed by atoms with Crippen molar-refractivity contribution in [1.29, 1.82) is 0 Å². The van der Waals surface area contributed by atoms with E-state index in [0.29, 0.717) is 40.5 Å². The summed E-state index contributed by atoms with van der Waals surface area (Å²) in [6, 6.07) is 7.53. The highest BCUT2D eigenvalue weighted by Gasteiger charge is 2.27. The lowest BCUT2D eigenvalue weighted by atomic mass is 10.2. The minimum Gasteiger partial charge on any atom is -0.486 e. The Labute approximate surface area is 184 Å². The number of hydrogen-bond acceptors (Lipinski definition) is 6. The Kier molecular flexibility index (Phi) is 5.17. The van der Waals surface area contributed by atoms with E-state index in [1.54, 1.807) is 16.5 Å². The first kappa shape index (κ1) is 20.1. The summed E-state index contributed by atoms with van der Waals surface area (Å²) < 4.78 is 13.6. The van der Waals surface area contributed by atoms with Gasteiger partial charge < -0.3 is 14.4 Å². The SMILES string of the molecule is Cc1c(C(=O)N(C)C[C@H]2COc3ccccc3O2)sc2nc3n(c(=O)c12)CCCCC3. The van der Waals surface area contributed by atoms with E-state index in [-0.39, 0.29) is 17.6 Å². The summed E-state index contributed by atoms with van der Waals surface area (Å²) >= 11 is 1.32. The molecule has 0 saturated carbocycles. The summed E-state index contributed by atoms with van der Waals surface area (Å²) in [5.74, 6) is 2.13. The van der Waals surface area contributed by atoms with Gasteiger partial charge in [-0.2, -0.15) is 0 Å². The molecular weight excluding hydrogens is 414 g/mol. The zero-order chi connectivity index (χ0) is 21.5. The van der Waals surface area contributed by atoms with E-state index in [2.05, 4.69) is 0 Å². The molecule has 1 aromatic carbocycles. The van der Waals surface area contributed by atoms with Gasteiger partial charge in [-0.05, 0) is 37.5 Å². The molecule has 0 saturated heterocycles. The fourth-order valence-electron chi connectivity index (χ4n) is 4.33. The van der Waals surface area contributed by atoms with Crippen molar-refractivity contribution in [2.24, 2.45) is 0 Å². The van der Waals surface area contributed by atoms with Crippen LogP contribution in [0.2, 0.25) is 0 Å². The average Bonchev–Trinajstić information content (AvgIpc) is 2.94. The molecule has 0 N–H and O–H groups in total. The Hall–Kier alpha value is -2.87. The number of nitrogens with zero attached hydrogens (tertiary/aromatic N) is 3. The van der Waals surface area contributed by atoms with E-state index in [9.17, 15) is 9.59 Å². The van der Waals surface area contributed by atoms with Crippen LogP contribution in [0.3, 0.4) is 0 Å². The van der Waals surface area contributed by atoms with Gasteiger partial charge in [0.15, 0.2) is 17.6 Å².